The van der Waals surface area contributed by atoms with Gasteiger partial charge < -0.3 is 5.32 Å². The van der Waals surface area contributed by atoms with E-state index in [1.807, 2.05) is 13.8 Å². The zero-order valence-corrected chi connectivity index (χ0v) is 12.7. The summed E-state index contributed by atoms with van der Waals surface area (Å²) in [6.45, 7) is 4.80. The topological polar surface area (TPSA) is 61.4 Å². The molecule has 2 fully saturated rings. The summed E-state index contributed by atoms with van der Waals surface area (Å²) in [6.07, 6.45) is 4.23. The van der Waals surface area contributed by atoms with Gasteiger partial charge in [-0.05, 0) is 25.7 Å². The maximum atomic E-state index is 12.1. The summed E-state index contributed by atoms with van der Waals surface area (Å²) in [7, 11) is -3.29. The van der Waals surface area contributed by atoms with Gasteiger partial charge in [-0.2, -0.15) is 17.4 Å². The van der Waals surface area contributed by atoms with Crippen LogP contribution >= 0.6 is 12.4 Å². The molecule has 0 aromatic heterocycles. The third-order valence-corrected chi connectivity index (χ3v) is 5.66. The lowest BCUT2D eigenvalue weighted by Gasteiger charge is -2.31. The predicted octanol–water partition coefficient (Wildman–Crippen LogP) is 0.867. The van der Waals surface area contributed by atoms with E-state index in [1.54, 1.807) is 0 Å². The van der Waals surface area contributed by atoms with Gasteiger partial charge in [-0.1, -0.05) is 13.8 Å². The summed E-state index contributed by atoms with van der Waals surface area (Å²) in [4.78, 5) is 0. The van der Waals surface area contributed by atoms with Crippen molar-refractivity contribution in [2.75, 3.05) is 13.1 Å². The number of nitrogens with zero attached hydrogens (tertiary/aromatic N) is 1. The molecule has 0 aliphatic carbocycles. The van der Waals surface area contributed by atoms with Crippen LogP contribution in [0.3, 0.4) is 0 Å². The van der Waals surface area contributed by atoms with Crippen LogP contribution in [-0.4, -0.2) is 43.9 Å². The Hall–Kier alpha value is 0.120. The summed E-state index contributed by atoms with van der Waals surface area (Å²) in [6, 6.07) is 1.13. The first-order valence-electron chi connectivity index (χ1n) is 6.58. The van der Waals surface area contributed by atoms with E-state index in [2.05, 4.69) is 10.0 Å². The molecule has 0 aromatic carbocycles. The van der Waals surface area contributed by atoms with Gasteiger partial charge in [0.15, 0.2) is 0 Å². The molecule has 108 valence electrons. The highest BCUT2D eigenvalue weighted by atomic mass is 35.5. The van der Waals surface area contributed by atoms with E-state index in [0.29, 0.717) is 25.2 Å². The largest absolute Gasteiger partial charge is 0.311 e. The Morgan fingerprint density at radius 3 is 2.11 bits per heavy atom. The van der Waals surface area contributed by atoms with Crippen molar-refractivity contribution >= 4 is 22.6 Å². The molecule has 2 unspecified atom stereocenters. The Morgan fingerprint density at radius 1 is 1.17 bits per heavy atom. The van der Waals surface area contributed by atoms with Crippen molar-refractivity contribution in [3.8, 4) is 0 Å². The van der Waals surface area contributed by atoms with Crippen LogP contribution in [0.25, 0.3) is 0 Å². The SMILES string of the molecule is CCN(CC)S(=O)(=O)NC1CC2CCC(C1)N2.Cl. The van der Waals surface area contributed by atoms with Gasteiger partial charge in [0.1, 0.15) is 0 Å². The maximum absolute atomic E-state index is 12.1. The minimum absolute atomic E-state index is 0. The highest BCUT2D eigenvalue weighted by Gasteiger charge is 2.35. The molecule has 2 N–H and O–H groups in total. The Balaban J connectivity index is 0.00000162. The van der Waals surface area contributed by atoms with Crippen molar-refractivity contribution in [1.82, 2.24) is 14.3 Å². The molecule has 2 aliphatic rings. The van der Waals surface area contributed by atoms with E-state index < -0.39 is 10.2 Å². The Morgan fingerprint density at radius 2 is 1.67 bits per heavy atom. The summed E-state index contributed by atoms with van der Waals surface area (Å²) in [5.41, 5.74) is 0. The van der Waals surface area contributed by atoms with Crippen molar-refractivity contribution in [2.24, 2.45) is 0 Å². The molecule has 0 saturated carbocycles. The fraction of sp³-hybridized carbons (Fsp3) is 1.00. The minimum atomic E-state index is -3.29. The van der Waals surface area contributed by atoms with Gasteiger partial charge in [-0.15, -0.1) is 12.4 Å². The third kappa shape index (κ3) is 3.57. The summed E-state index contributed by atoms with van der Waals surface area (Å²) < 4.78 is 28.5. The molecule has 2 heterocycles. The van der Waals surface area contributed by atoms with Gasteiger partial charge in [0, 0.05) is 31.2 Å². The lowest BCUT2D eigenvalue weighted by molar-refractivity contribution is 0.335. The van der Waals surface area contributed by atoms with Crippen molar-refractivity contribution in [3.05, 3.63) is 0 Å². The average molecular weight is 298 g/mol. The van der Waals surface area contributed by atoms with Crippen molar-refractivity contribution < 1.29 is 8.42 Å². The summed E-state index contributed by atoms with van der Waals surface area (Å²) >= 11 is 0. The number of rotatable bonds is 5. The van der Waals surface area contributed by atoms with E-state index in [1.165, 1.54) is 17.1 Å². The molecule has 0 aromatic rings. The van der Waals surface area contributed by atoms with E-state index in [-0.39, 0.29) is 18.4 Å². The molecule has 2 rings (SSSR count). The molecule has 2 atom stereocenters. The second-order valence-electron chi connectivity index (χ2n) is 5.01. The zero-order valence-electron chi connectivity index (χ0n) is 11.1. The first-order valence-corrected chi connectivity index (χ1v) is 8.02. The molecule has 0 amide bonds. The molecule has 2 bridgehead atoms. The second-order valence-corrected chi connectivity index (χ2v) is 6.72. The normalized spacial score (nSPS) is 31.4. The van der Waals surface area contributed by atoms with E-state index in [0.717, 1.165) is 12.8 Å². The van der Waals surface area contributed by atoms with Gasteiger partial charge >= 0.3 is 0 Å². The van der Waals surface area contributed by atoms with Gasteiger partial charge in [-0.3, -0.25) is 0 Å². The van der Waals surface area contributed by atoms with Crippen LogP contribution in [0.2, 0.25) is 0 Å². The smallest absolute Gasteiger partial charge is 0.279 e. The van der Waals surface area contributed by atoms with Crippen molar-refractivity contribution in [3.63, 3.8) is 0 Å². The van der Waals surface area contributed by atoms with Crippen LogP contribution in [0.1, 0.15) is 39.5 Å². The summed E-state index contributed by atoms with van der Waals surface area (Å²) in [5, 5.41) is 3.51. The Bertz CT molecular complexity index is 347. The quantitative estimate of drug-likeness (QED) is 0.791. The highest BCUT2D eigenvalue weighted by molar-refractivity contribution is 7.87. The zero-order chi connectivity index (χ0) is 12.5. The second kappa shape index (κ2) is 6.52. The maximum Gasteiger partial charge on any atom is 0.279 e. The van der Waals surface area contributed by atoms with Crippen LogP contribution in [0.15, 0.2) is 0 Å². The van der Waals surface area contributed by atoms with Crippen molar-refractivity contribution in [1.29, 1.82) is 0 Å². The van der Waals surface area contributed by atoms with Crippen LogP contribution in [0, 0.1) is 0 Å². The number of hydrogen-bond donors (Lipinski definition) is 2. The molecule has 2 aliphatic heterocycles. The number of fused-ring (bicyclic) bond motifs is 2. The number of piperidine rings is 1. The highest BCUT2D eigenvalue weighted by Crippen LogP contribution is 2.27. The molecule has 0 radical (unpaired) electrons. The van der Waals surface area contributed by atoms with Crippen LogP contribution < -0.4 is 10.0 Å². The fourth-order valence-electron chi connectivity index (χ4n) is 3.00. The number of halogens is 1. The van der Waals surface area contributed by atoms with Gasteiger partial charge in [0.25, 0.3) is 10.2 Å². The molecule has 2 saturated heterocycles. The lowest BCUT2D eigenvalue weighted by Crippen LogP contribution is -2.51. The molecule has 5 nitrogen and oxygen atoms in total. The van der Waals surface area contributed by atoms with Gasteiger partial charge in [0.2, 0.25) is 0 Å². The molecule has 7 heteroatoms. The Kier molecular flexibility index (Phi) is 5.86. The average Bonchev–Trinajstić information content (AvgIpc) is 2.58. The first kappa shape index (κ1) is 16.2. The molecule has 0 spiro atoms. The lowest BCUT2D eigenvalue weighted by atomic mass is 10.0. The molecule has 18 heavy (non-hydrogen) atoms. The number of hydrogen-bond acceptors (Lipinski definition) is 3. The van der Waals surface area contributed by atoms with E-state index in [4.69, 9.17) is 0 Å². The molecular formula is C11H24ClN3O2S. The summed E-state index contributed by atoms with van der Waals surface area (Å²) in [5.74, 6) is 0. The molecular weight excluding hydrogens is 274 g/mol. The monoisotopic (exact) mass is 297 g/mol. The van der Waals surface area contributed by atoms with Gasteiger partial charge in [-0.25, -0.2) is 0 Å². The predicted molar refractivity (Wildman–Crippen MR) is 75.2 cm³/mol. The third-order valence-electron chi connectivity index (χ3n) is 3.83. The van der Waals surface area contributed by atoms with Crippen LogP contribution in [-0.2, 0) is 10.2 Å². The first-order chi connectivity index (χ1) is 8.05. The minimum Gasteiger partial charge on any atom is -0.311 e. The Labute approximate surface area is 116 Å². The van der Waals surface area contributed by atoms with E-state index >= 15 is 0 Å². The standard InChI is InChI=1S/C11H23N3O2S.ClH/c1-3-14(4-2)17(15,16)13-11-7-9-5-6-10(8-11)12-9;/h9-13H,3-8H2,1-2H3;1H. The number of nitrogens with one attached hydrogen (secondary N) is 2. The van der Waals surface area contributed by atoms with E-state index in [9.17, 15) is 8.42 Å². The van der Waals surface area contributed by atoms with Crippen LogP contribution in [0.5, 0.6) is 0 Å². The fourth-order valence-corrected chi connectivity index (χ4v) is 4.44. The van der Waals surface area contributed by atoms with Gasteiger partial charge in [0.05, 0.1) is 0 Å². The van der Waals surface area contributed by atoms with Crippen LogP contribution in [0.4, 0.5) is 0 Å². The van der Waals surface area contributed by atoms with Crippen molar-refractivity contribution in [2.45, 2.75) is 57.7 Å².